The third-order valence-electron chi connectivity index (χ3n) is 1.83. The van der Waals surface area contributed by atoms with Crippen molar-refractivity contribution in [3.05, 3.63) is 0 Å². The highest BCUT2D eigenvalue weighted by molar-refractivity contribution is 7.98. The standard InChI is InChI=1S/C9H18O2S2/c1-13-7-6-8(12)4-2-3-5-9(10)11/h8,12H,2-7H2,1H3,(H,10,11). The van der Waals surface area contributed by atoms with Gasteiger partial charge >= 0.3 is 5.97 Å². The molecule has 0 aliphatic rings. The second-order valence-electron chi connectivity index (χ2n) is 3.07. The molecule has 4 heteroatoms. The molecule has 2 nitrogen and oxygen atoms in total. The Bertz CT molecular complexity index is 140. The van der Waals surface area contributed by atoms with Gasteiger partial charge in [-0.1, -0.05) is 6.42 Å². The zero-order valence-electron chi connectivity index (χ0n) is 8.03. The van der Waals surface area contributed by atoms with Crippen molar-refractivity contribution >= 4 is 30.4 Å². The summed E-state index contributed by atoms with van der Waals surface area (Å²) in [4.78, 5) is 10.2. The van der Waals surface area contributed by atoms with Crippen molar-refractivity contribution in [2.24, 2.45) is 0 Å². The maximum atomic E-state index is 10.2. The summed E-state index contributed by atoms with van der Waals surface area (Å²) in [7, 11) is 0. The fourth-order valence-electron chi connectivity index (χ4n) is 1.05. The summed E-state index contributed by atoms with van der Waals surface area (Å²) in [6, 6.07) is 0. The normalized spacial score (nSPS) is 12.8. The molecule has 78 valence electrons. The van der Waals surface area contributed by atoms with Crippen molar-refractivity contribution in [1.29, 1.82) is 0 Å². The minimum atomic E-state index is -0.695. The van der Waals surface area contributed by atoms with Crippen LogP contribution in [-0.2, 0) is 4.79 Å². The molecule has 1 N–H and O–H groups in total. The summed E-state index contributed by atoms with van der Waals surface area (Å²) >= 11 is 6.26. The second-order valence-corrected chi connectivity index (χ2v) is 4.79. The van der Waals surface area contributed by atoms with Gasteiger partial charge in [0.1, 0.15) is 0 Å². The van der Waals surface area contributed by atoms with Gasteiger partial charge in [0, 0.05) is 11.7 Å². The molecule has 0 fully saturated rings. The molecule has 0 aromatic rings. The van der Waals surface area contributed by atoms with E-state index in [0.717, 1.165) is 31.4 Å². The van der Waals surface area contributed by atoms with Gasteiger partial charge in [-0.25, -0.2) is 0 Å². The molecular formula is C9H18O2S2. The molecular weight excluding hydrogens is 204 g/mol. The van der Waals surface area contributed by atoms with Crippen LogP contribution in [0.4, 0.5) is 0 Å². The van der Waals surface area contributed by atoms with Crippen molar-refractivity contribution in [3.63, 3.8) is 0 Å². The topological polar surface area (TPSA) is 37.3 Å². The number of carbonyl (C=O) groups is 1. The lowest BCUT2D eigenvalue weighted by Crippen LogP contribution is -2.01. The Hall–Kier alpha value is 0.170. The van der Waals surface area contributed by atoms with E-state index in [4.69, 9.17) is 5.11 Å². The number of thioether (sulfide) groups is 1. The van der Waals surface area contributed by atoms with Crippen LogP contribution in [0.25, 0.3) is 0 Å². The summed E-state index contributed by atoms with van der Waals surface area (Å²) in [6.45, 7) is 0. The Morgan fingerprint density at radius 1 is 1.46 bits per heavy atom. The first-order valence-electron chi connectivity index (χ1n) is 4.55. The molecule has 0 aliphatic carbocycles. The lowest BCUT2D eigenvalue weighted by molar-refractivity contribution is -0.137. The fraction of sp³-hybridized carbons (Fsp3) is 0.889. The van der Waals surface area contributed by atoms with Crippen LogP contribution in [0.15, 0.2) is 0 Å². The van der Waals surface area contributed by atoms with Crippen LogP contribution in [0.3, 0.4) is 0 Å². The van der Waals surface area contributed by atoms with Gasteiger partial charge in [0.2, 0.25) is 0 Å². The first-order chi connectivity index (χ1) is 6.16. The minimum absolute atomic E-state index is 0.295. The van der Waals surface area contributed by atoms with E-state index in [2.05, 4.69) is 18.9 Å². The van der Waals surface area contributed by atoms with E-state index in [1.165, 1.54) is 0 Å². The van der Waals surface area contributed by atoms with E-state index < -0.39 is 5.97 Å². The van der Waals surface area contributed by atoms with E-state index in [1.807, 2.05) is 11.8 Å². The van der Waals surface area contributed by atoms with E-state index in [0.29, 0.717) is 11.7 Å². The number of hydrogen-bond donors (Lipinski definition) is 2. The number of carboxylic acids is 1. The molecule has 0 bridgehead atoms. The molecule has 13 heavy (non-hydrogen) atoms. The fourth-order valence-corrected chi connectivity index (χ4v) is 2.06. The van der Waals surface area contributed by atoms with E-state index in [-0.39, 0.29) is 0 Å². The number of aliphatic carboxylic acids is 1. The van der Waals surface area contributed by atoms with Gasteiger partial charge in [-0.3, -0.25) is 4.79 Å². The van der Waals surface area contributed by atoms with Gasteiger partial charge < -0.3 is 5.11 Å². The molecule has 0 aliphatic heterocycles. The number of carboxylic acid groups (broad SMARTS) is 1. The van der Waals surface area contributed by atoms with Crippen molar-refractivity contribution < 1.29 is 9.90 Å². The van der Waals surface area contributed by atoms with E-state index >= 15 is 0 Å². The summed E-state index contributed by atoms with van der Waals surface area (Å²) in [6.07, 6.45) is 6.31. The van der Waals surface area contributed by atoms with Crippen LogP contribution < -0.4 is 0 Å². The maximum absolute atomic E-state index is 10.2. The quantitative estimate of drug-likeness (QED) is 0.490. The van der Waals surface area contributed by atoms with Crippen LogP contribution in [-0.4, -0.2) is 28.3 Å². The molecule has 0 saturated carbocycles. The Labute approximate surface area is 89.9 Å². The Balaban J connectivity index is 3.16. The highest BCUT2D eigenvalue weighted by Gasteiger charge is 2.03. The summed E-state index contributed by atoms with van der Waals surface area (Å²) in [5.74, 6) is 0.451. The summed E-state index contributed by atoms with van der Waals surface area (Å²) in [5, 5.41) is 8.84. The number of rotatable bonds is 8. The van der Waals surface area contributed by atoms with Crippen LogP contribution in [0, 0.1) is 0 Å². The molecule has 0 aromatic heterocycles. The molecule has 0 saturated heterocycles. The molecule has 0 aromatic carbocycles. The Morgan fingerprint density at radius 3 is 2.69 bits per heavy atom. The van der Waals surface area contributed by atoms with Crippen LogP contribution >= 0.6 is 24.4 Å². The average molecular weight is 222 g/mol. The third kappa shape index (κ3) is 10.1. The van der Waals surface area contributed by atoms with Crippen molar-refractivity contribution in [2.75, 3.05) is 12.0 Å². The predicted octanol–water partition coefficient (Wildman–Crippen LogP) is 2.68. The van der Waals surface area contributed by atoms with E-state index in [9.17, 15) is 4.79 Å². The zero-order valence-corrected chi connectivity index (χ0v) is 9.74. The lowest BCUT2D eigenvalue weighted by Gasteiger charge is -2.08. The van der Waals surface area contributed by atoms with Crippen LogP contribution in [0.2, 0.25) is 0 Å². The number of thiol groups is 1. The zero-order chi connectivity index (χ0) is 10.1. The van der Waals surface area contributed by atoms with Crippen LogP contribution in [0.5, 0.6) is 0 Å². The van der Waals surface area contributed by atoms with Gasteiger partial charge in [0.15, 0.2) is 0 Å². The monoisotopic (exact) mass is 222 g/mol. The molecule has 0 heterocycles. The Morgan fingerprint density at radius 2 is 2.15 bits per heavy atom. The predicted molar refractivity (Wildman–Crippen MR) is 61.9 cm³/mol. The highest BCUT2D eigenvalue weighted by atomic mass is 32.2. The molecule has 0 amide bonds. The van der Waals surface area contributed by atoms with Crippen molar-refractivity contribution in [1.82, 2.24) is 0 Å². The second kappa shape index (κ2) is 8.75. The summed E-state index contributed by atoms with van der Waals surface area (Å²) < 4.78 is 0. The van der Waals surface area contributed by atoms with Crippen LogP contribution in [0.1, 0.15) is 32.1 Å². The van der Waals surface area contributed by atoms with E-state index in [1.54, 1.807) is 0 Å². The molecule has 1 atom stereocenters. The minimum Gasteiger partial charge on any atom is -0.481 e. The third-order valence-corrected chi connectivity index (χ3v) is 2.99. The SMILES string of the molecule is CSCCC(S)CCCCC(=O)O. The Kier molecular flexibility index (Phi) is 8.87. The van der Waals surface area contributed by atoms with Gasteiger partial charge in [0.05, 0.1) is 0 Å². The lowest BCUT2D eigenvalue weighted by atomic mass is 10.1. The summed E-state index contributed by atoms with van der Waals surface area (Å²) in [5.41, 5.74) is 0. The first-order valence-corrected chi connectivity index (χ1v) is 6.46. The molecule has 1 unspecified atom stereocenters. The van der Waals surface area contributed by atoms with Crippen molar-refractivity contribution in [2.45, 2.75) is 37.4 Å². The number of hydrogen-bond acceptors (Lipinski definition) is 3. The largest absolute Gasteiger partial charge is 0.481 e. The van der Waals surface area contributed by atoms with Gasteiger partial charge in [0.25, 0.3) is 0 Å². The van der Waals surface area contributed by atoms with Crippen molar-refractivity contribution in [3.8, 4) is 0 Å². The number of unbranched alkanes of at least 4 members (excludes halogenated alkanes) is 1. The van der Waals surface area contributed by atoms with Gasteiger partial charge in [-0.15, -0.1) is 0 Å². The molecule has 0 spiro atoms. The van der Waals surface area contributed by atoms with Gasteiger partial charge in [-0.05, 0) is 31.3 Å². The first kappa shape index (κ1) is 13.2. The smallest absolute Gasteiger partial charge is 0.303 e. The maximum Gasteiger partial charge on any atom is 0.303 e. The highest BCUT2D eigenvalue weighted by Crippen LogP contribution is 2.14. The van der Waals surface area contributed by atoms with Gasteiger partial charge in [-0.2, -0.15) is 24.4 Å². The molecule has 0 rings (SSSR count). The molecule has 0 radical (unpaired) electrons. The average Bonchev–Trinajstić information content (AvgIpc) is 2.08.